The van der Waals surface area contributed by atoms with Gasteiger partial charge in [-0.1, -0.05) is 0 Å². The van der Waals surface area contributed by atoms with Crippen LogP contribution in [0.15, 0.2) is 0 Å². The molecule has 0 aliphatic rings. The lowest BCUT2D eigenvalue weighted by Gasteiger charge is -2.37. The third kappa shape index (κ3) is 3.46. The number of hydrogen-bond acceptors (Lipinski definition) is 4. The van der Waals surface area contributed by atoms with E-state index in [1.807, 2.05) is 0 Å². The summed E-state index contributed by atoms with van der Waals surface area (Å²) in [4.78, 5) is 0. The zero-order chi connectivity index (χ0) is 16.1. The smallest absolute Gasteiger partial charge is 0.201 e. The molecule has 0 fully saturated rings. The fourth-order valence-electron chi connectivity index (χ4n) is 0.887. The second kappa shape index (κ2) is 4.66. The summed E-state index contributed by atoms with van der Waals surface area (Å²) in [5.74, 6) is 0. The fraction of sp³-hybridized carbons (Fsp3) is 1.00. The standard InChI is InChI=1S/C5H9F6NO4S3/c1-17(2,3)12(18(13,14)4(6,7)8)19(15,16)5(9,10)11/h1-3H3. The monoisotopic (exact) mass is 357 g/mol. The molecule has 19 heavy (non-hydrogen) atoms. The molecule has 0 bridgehead atoms. The summed E-state index contributed by atoms with van der Waals surface area (Å²) in [6.07, 6.45) is 2.00. The molecule has 0 spiro atoms. The number of rotatable bonds is 3. The first-order valence-electron chi connectivity index (χ1n) is 3.98. The van der Waals surface area contributed by atoms with Gasteiger partial charge in [0.15, 0.2) is 0 Å². The Balaban J connectivity index is 6.41. The Hall–Kier alpha value is -0.210. The quantitative estimate of drug-likeness (QED) is 0.720. The van der Waals surface area contributed by atoms with Crippen LogP contribution in [0, 0.1) is 0 Å². The van der Waals surface area contributed by atoms with Crippen LogP contribution in [0.25, 0.3) is 0 Å². The van der Waals surface area contributed by atoms with Gasteiger partial charge in [0.05, 0.1) is 0 Å². The van der Waals surface area contributed by atoms with Gasteiger partial charge in [0.2, 0.25) is 0 Å². The minimum absolute atomic E-state index is 0.666. The number of halogens is 6. The molecule has 0 aliphatic heterocycles. The van der Waals surface area contributed by atoms with Crippen molar-refractivity contribution in [1.82, 2.24) is 3.12 Å². The molecule has 0 aliphatic carbocycles. The second-order valence-electron chi connectivity index (χ2n) is 3.84. The second-order valence-corrected chi connectivity index (χ2v) is 12.0. The van der Waals surface area contributed by atoms with Crippen LogP contribution in [-0.4, -0.2) is 49.7 Å². The topological polar surface area (TPSA) is 71.5 Å². The van der Waals surface area contributed by atoms with Gasteiger partial charge >= 0.3 is 31.1 Å². The van der Waals surface area contributed by atoms with Crippen molar-refractivity contribution >= 4 is 30.3 Å². The normalized spacial score (nSPS) is 16.7. The van der Waals surface area contributed by atoms with Crippen LogP contribution in [0.4, 0.5) is 26.3 Å². The first-order valence-corrected chi connectivity index (χ1v) is 9.68. The predicted octanol–water partition coefficient (Wildman–Crippen LogP) is 1.60. The summed E-state index contributed by atoms with van der Waals surface area (Å²) in [7, 11) is -16.8. The van der Waals surface area contributed by atoms with E-state index in [1.54, 1.807) is 0 Å². The third-order valence-corrected chi connectivity index (χ3v) is 9.31. The van der Waals surface area contributed by atoms with Crippen molar-refractivity contribution in [2.45, 2.75) is 11.0 Å². The van der Waals surface area contributed by atoms with Gasteiger partial charge in [0.1, 0.15) is 0 Å². The van der Waals surface area contributed by atoms with Gasteiger partial charge in [-0.3, -0.25) is 0 Å². The summed E-state index contributed by atoms with van der Waals surface area (Å²) < 4.78 is 116. The lowest BCUT2D eigenvalue weighted by atomic mass is 11.6. The maximum Gasteiger partial charge on any atom is 0.513 e. The van der Waals surface area contributed by atoms with Crippen LogP contribution in [0.1, 0.15) is 0 Å². The average molecular weight is 357 g/mol. The van der Waals surface area contributed by atoms with Crippen molar-refractivity contribution in [3.05, 3.63) is 0 Å². The maximum atomic E-state index is 12.3. The Morgan fingerprint density at radius 1 is 0.684 bits per heavy atom. The van der Waals surface area contributed by atoms with Gasteiger partial charge < -0.3 is 0 Å². The number of sulfonamides is 2. The molecule has 0 heterocycles. The van der Waals surface area contributed by atoms with Gasteiger partial charge in [-0.15, -0.1) is 0 Å². The summed E-state index contributed by atoms with van der Waals surface area (Å²) >= 11 is 0. The highest BCUT2D eigenvalue weighted by atomic mass is 32.4. The lowest BCUT2D eigenvalue weighted by Crippen LogP contribution is -2.49. The summed E-state index contributed by atoms with van der Waals surface area (Å²) in [6, 6.07) is 0. The van der Waals surface area contributed by atoms with E-state index in [-0.39, 0.29) is 0 Å². The highest BCUT2D eigenvalue weighted by Gasteiger charge is 2.64. The van der Waals surface area contributed by atoms with E-state index in [4.69, 9.17) is 0 Å². The zero-order valence-electron chi connectivity index (χ0n) is 9.57. The lowest BCUT2D eigenvalue weighted by molar-refractivity contribution is -0.0505. The molecule has 0 aromatic rings. The molecule has 0 rings (SSSR count). The molecule has 0 aromatic heterocycles. The van der Waals surface area contributed by atoms with Crippen molar-refractivity contribution in [2.24, 2.45) is 0 Å². The van der Waals surface area contributed by atoms with E-state index < -0.39 is 44.4 Å². The number of hydrogen-bond donors (Lipinski definition) is 0. The summed E-state index contributed by atoms with van der Waals surface area (Å²) in [5, 5.41) is 0. The van der Waals surface area contributed by atoms with Gasteiger partial charge in [-0.25, -0.2) is 16.8 Å². The minimum atomic E-state index is -6.67. The third-order valence-electron chi connectivity index (χ3n) is 1.42. The SMILES string of the molecule is CS(C)(C)N(S(=O)(=O)C(F)(F)F)S(=O)(=O)C(F)(F)F. The van der Waals surface area contributed by atoms with Crippen LogP contribution < -0.4 is 0 Å². The molecule has 0 saturated heterocycles. The highest BCUT2D eigenvalue weighted by Crippen LogP contribution is 2.51. The van der Waals surface area contributed by atoms with Gasteiger partial charge in [-0.2, -0.15) is 36.6 Å². The molecule has 0 unspecified atom stereocenters. The molecule has 14 heteroatoms. The van der Waals surface area contributed by atoms with Gasteiger partial charge in [0, 0.05) is 0 Å². The number of alkyl halides is 6. The Kier molecular flexibility index (Phi) is 4.61. The zero-order valence-corrected chi connectivity index (χ0v) is 12.0. The maximum absolute atomic E-state index is 12.3. The first-order chi connectivity index (χ1) is 7.87. The molecule has 5 nitrogen and oxygen atoms in total. The Morgan fingerprint density at radius 2 is 0.895 bits per heavy atom. The van der Waals surface area contributed by atoms with Gasteiger partial charge in [-0.05, 0) is 21.9 Å². The Morgan fingerprint density at radius 3 is 1.00 bits per heavy atom. The van der Waals surface area contributed by atoms with Crippen LogP contribution in [0.2, 0.25) is 0 Å². The van der Waals surface area contributed by atoms with Crippen molar-refractivity contribution in [2.75, 3.05) is 18.8 Å². The van der Waals surface area contributed by atoms with E-state index >= 15 is 0 Å². The largest absolute Gasteiger partial charge is 0.513 e. The highest BCUT2D eigenvalue weighted by molar-refractivity contribution is 8.40. The van der Waals surface area contributed by atoms with Gasteiger partial charge in [0.25, 0.3) is 0 Å². The molecule has 0 saturated carbocycles. The summed E-state index contributed by atoms with van der Waals surface area (Å²) in [6.45, 7) is 0. The molecule has 0 atom stereocenters. The van der Waals surface area contributed by atoms with Crippen LogP contribution in [0.3, 0.4) is 0 Å². The van der Waals surface area contributed by atoms with Crippen LogP contribution in [-0.2, 0) is 20.0 Å². The first kappa shape index (κ1) is 18.8. The Labute approximate surface area is 107 Å². The van der Waals surface area contributed by atoms with Crippen molar-refractivity contribution < 1.29 is 43.2 Å². The predicted molar refractivity (Wildman–Crippen MR) is 57.2 cm³/mol. The van der Waals surface area contributed by atoms with E-state index in [0.717, 1.165) is 0 Å². The van der Waals surface area contributed by atoms with E-state index in [1.165, 1.54) is 0 Å². The van der Waals surface area contributed by atoms with Crippen molar-refractivity contribution in [3.63, 3.8) is 0 Å². The van der Waals surface area contributed by atoms with E-state index in [0.29, 0.717) is 18.8 Å². The molecule has 0 aromatic carbocycles. The van der Waals surface area contributed by atoms with Crippen LogP contribution in [0.5, 0.6) is 0 Å². The molecular weight excluding hydrogens is 348 g/mol. The minimum Gasteiger partial charge on any atom is -0.201 e. The van der Waals surface area contributed by atoms with Crippen molar-refractivity contribution in [1.29, 1.82) is 0 Å². The number of nitrogens with zero attached hydrogens (tertiary/aromatic N) is 1. The average Bonchev–Trinajstić information content (AvgIpc) is 1.93. The summed E-state index contributed by atoms with van der Waals surface area (Å²) in [5.41, 5.74) is -12.3. The fourth-order valence-corrected chi connectivity index (χ4v) is 7.98. The Bertz CT molecular complexity index is 495. The molecule has 0 radical (unpaired) electrons. The van der Waals surface area contributed by atoms with E-state index in [9.17, 15) is 43.2 Å². The molecule has 0 N–H and O–H groups in total. The molecule has 118 valence electrons. The molecular formula is C5H9F6NO4S3. The van der Waals surface area contributed by atoms with Crippen molar-refractivity contribution in [3.8, 4) is 0 Å². The molecule has 0 amide bonds. The van der Waals surface area contributed by atoms with E-state index in [2.05, 4.69) is 0 Å². The van der Waals surface area contributed by atoms with Crippen LogP contribution >= 0.6 is 10.2 Å².